The van der Waals surface area contributed by atoms with E-state index >= 15 is 0 Å². The summed E-state index contributed by atoms with van der Waals surface area (Å²) in [5.41, 5.74) is 1.04. The number of aryl methyl sites for hydroxylation is 2. The van der Waals surface area contributed by atoms with E-state index in [0.717, 1.165) is 11.1 Å². The molecule has 0 heterocycles. The van der Waals surface area contributed by atoms with Gasteiger partial charge in [0, 0.05) is 12.1 Å². The molecule has 1 aromatic rings. The lowest BCUT2D eigenvalue weighted by Gasteiger charge is -2.36. The third kappa shape index (κ3) is 8.53. The zero-order valence-corrected chi connectivity index (χ0v) is 21.1. The molecule has 0 aliphatic rings. The van der Waals surface area contributed by atoms with Gasteiger partial charge in [0.15, 0.2) is 0 Å². The van der Waals surface area contributed by atoms with Gasteiger partial charge in [-0.15, -0.1) is 6.58 Å². The second-order valence-electron chi connectivity index (χ2n) is 10.1. The number of alkyl carbamates (subject to hydrolysis) is 1. The summed E-state index contributed by atoms with van der Waals surface area (Å²) in [5, 5.41) is 15.3. The highest BCUT2D eigenvalue weighted by Gasteiger charge is 2.37. The summed E-state index contributed by atoms with van der Waals surface area (Å²) in [7, 11) is 0. The first-order chi connectivity index (χ1) is 15.1. The van der Waals surface area contributed by atoms with Gasteiger partial charge in [0.25, 0.3) is 0 Å². The molecule has 3 amide bonds. The first-order valence-electron chi connectivity index (χ1n) is 11.0. The molecule has 0 spiro atoms. The van der Waals surface area contributed by atoms with Crippen LogP contribution in [0.25, 0.3) is 0 Å². The lowest BCUT2D eigenvalue weighted by molar-refractivity contribution is -0.143. The average Bonchev–Trinajstić information content (AvgIpc) is 2.64. The van der Waals surface area contributed by atoms with E-state index in [1.165, 1.54) is 11.0 Å². The number of carbonyl (C=O) groups is 3. The van der Waals surface area contributed by atoms with Crippen LogP contribution < -0.4 is 10.6 Å². The number of rotatable bonds is 8. The molecular weight excluding hydrogens is 422 g/mol. The molecule has 8 heteroatoms. The van der Waals surface area contributed by atoms with Gasteiger partial charge in [0.05, 0.1) is 6.61 Å². The summed E-state index contributed by atoms with van der Waals surface area (Å²) in [6, 6.07) is 3.34. The topological polar surface area (TPSA) is 108 Å². The molecule has 3 N–H and O–H groups in total. The number of nitrogens with zero attached hydrogens (tertiary/aromatic N) is 1. The van der Waals surface area contributed by atoms with Gasteiger partial charge in [-0.05, 0) is 72.1 Å². The van der Waals surface area contributed by atoms with Crippen LogP contribution in [0.2, 0.25) is 0 Å². The fourth-order valence-corrected chi connectivity index (χ4v) is 3.42. The van der Waals surface area contributed by atoms with E-state index in [0.29, 0.717) is 5.56 Å². The predicted octanol–water partition coefficient (Wildman–Crippen LogP) is 3.16. The van der Waals surface area contributed by atoms with Crippen molar-refractivity contribution < 1.29 is 24.2 Å². The highest BCUT2D eigenvalue weighted by atomic mass is 16.6. The molecule has 184 valence electrons. The van der Waals surface area contributed by atoms with Crippen molar-refractivity contribution in [3.05, 3.63) is 47.5 Å². The van der Waals surface area contributed by atoms with Crippen LogP contribution in [0.5, 0.6) is 0 Å². The lowest BCUT2D eigenvalue weighted by atomic mass is 9.93. The minimum Gasteiger partial charge on any atom is -0.444 e. The van der Waals surface area contributed by atoms with Gasteiger partial charge < -0.3 is 25.4 Å². The third-order valence-electron chi connectivity index (χ3n) is 4.65. The van der Waals surface area contributed by atoms with Crippen LogP contribution in [-0.4, -0.2) is 58.2 Å². The van der Waals surface area contributed by atoms with E-state index in [9.17, 15) is 19.5 Å². The van der Waals surface area contributed by atoms with Crippen LogP contribution in [0, 0.1) is 13.8 Å². The number of amides is 3. The summed E-state index contributed by atoms with van der Waals surface area (Å²) < 4.78 is 5.23. The van der Waals surface area contributed by atoms with E-state index in [4.69, 9.17) is 4.74 Å². The molecule has 2 atom stereocenters. The number of carbonyl (C=O) groups excluding carboxylic acids is 3. The van der Waals surface area contributed by atoms with Gasteiger partial charge >= 0.3 is 6.09 Å². The predicted molar refractivity (Wildman–Crippen MR) is 129 cm³/mol. The number of aliphatic hydroxyl groups excluding tert-OH is 1. The SMILES string of the molecule is C=CCN(C(=O)C(CO)NC(=O)OC(C)(C)C)C(C(=O)NC(C)(C)C)c1c(C)cccc1C. The second kappa shape index (κ2) is 11.3. The molecule has 0 radical (unpaired) electrons. The van der Waals surface area contributed by atoms with Crippen LogP contribution in [0.4, 0.5) is 4.79 Å². The molecule has 1 aromatic carbocycles. The van der Waals surface area contributed by atoms with Crippen molar-refractivity contribution in [2.75, 3.05) is 13.2 Å². The first kappa shape index (κ1) is 28.2. The van der Waals surface area contributed by atoms with E-state index in [1.807, 2.05) is 52.8 Å². The first-order valence-corrected chi connectivity index (χ1v) is 11.0. The van der Waals surface area contributed by atoms with Crippen molar-refractivity contribution in [2.24, 2.45) is 0 Å². The quantitative estimate of drug-likeness (QED) is 0.516. The smallest absolute Gasteiger partial charge is 0.408 e. The Morgan fingerprint density at radius 3 is 2.09 bits per heavy atom. The molecular formula is C25H39N3O5. The Bertz CT molecular complexity index is 848. The van der Waals surface area contributed by atoms with Gasteiger partial charge in [-0.2, -0.15) is 0 Å². The Morgan fingerprint density at radius 1 is 1.12 bits per heavy atom. The van der Waals surface area contributed by atoms with Gasteiger partial charge in [-0.3, -0.25) is 9.59 Å². The molecule has 1 rings (SSSR count). The molecule has 0 aromatic heterocycles. The Hall–Kier alpha value is -2.87. The average molecular weight is 462 g/mol. The van der Waals surface area contributed by atoms with Crippen molar-refractivity contribution in [3.8, 4) is 0 Å². The fourth-order valence-electron chi connectivity index (χ4n) is 3.42. The Morgan fingerprint density at radius 2 is 1.67 bits per heavy atom. The van der Waals surface area contributed by atoms with Crippen LogP contribution in [0.15, 0.2) is 30.9 Å². The lowest BCUT2D eigenvalue weighted by Crippen LogP contribution is -2.55. The number of nitrogens with one attached hydrogen (secondary N) is 2. The van der Waals surface area contributed by atoms with Gasteiger partial charge in [-0.1, -0.05) is 24.3 Å². The van der Waals surface area contributed by atoms with Crippen LogP contribution in [0.1, 0.15) is 64.3 Å². The van der Waals surface area contributed by atoms with Crippen molar-refractivity contribution in [1.29, 1.82) is 0 Å². The summed E-state index contributed by atoms with van der Waals surface area (Å²) in [6.45, 7) is 17.5. The van der Waals surface area contributed by atoms with Crippen molar-refractivity contribution in [3.63, 3.8) is 0 Å². The molecule has 2 unspecified atom stereocenters. The standard InChI is InChI=1S/C25H39N3O5/c1-10-14-28(22(31)18(15-29)26-23(32)33-25(7,8)9)20(21(30)27-24(4,5)6)19-16(2)12-11-13-17(19)3/h10-13,18,20,29H,1,14-15H2,2-9H3,(H,26,32)(H,27,30). The zero-order valence-electron chi connectivity index (χ0n) is 21.1. The van der Waals surface area contributed by atoms with E-state index in [2.05, 4.69) is 17.2 Å². The minimum absolute atomic E-state index is 0.0291. The van der Waals surface area contributed by atoms with Crippen LogP contribution in [0.3, 0.4) is 0 Å². The Balaban J connectivity index is 3.48. The van der Waals surface area contributed by atoms with Gasteiger partial charge in [-0.25, -0.2) is 4.79 Å². The van der Waals surface area contributed by atoms with E-state index in [-0.39, 0.29) is 12.5 Å². The minimum atomic E-state index is -1.30. The molecule has 33 heavy (non-hydrogen) atoms. The fraction of sp³-hybridized carbons (Fsp3) is 0.560. The Kier molecular flexibility index (Phi) is 9.66. The molecule has 0 bridgehead atoms. The number of hydrogen-bond acceptors (Lipinski definition) is 5. The summed E-state index contributed by atoms with van der Waals surface area (Å²) in [6.07, 6.45) is 0.668. The number of benzene rings is 1. The summed E-state index contributed by atoms with van der Waals surface area (Å²) in [4.78, 5) is 40.6. The monoisotopic (exact) mass is 461 g/mol. The molecule has 0 saturated carbocycles. The highest BCUT2D eigenvalue weighted by molar-refractivity contribution is 5.93. The second-order valence-corrected chi connectivity index (χ2v) is 10.1. The van der Waals surface area contributed by atoms with E-state index in [1.54, 1.807) is 20.8 Å². The highest BCUT2D eigenvalue weighted by Crippen LogP contribution is 2.29. The molecule has 8 nitrogen and oxygen atoms in total. The zero-order chi connectivity index (χ0) is 25.6. The molecule has 0 saturated heterocycles. The number of aliphatic hydroxyl groups is 1. The maximum absolute atomic E-state index is 13.5. The molecule has 0 aliphatic carbocycles. The van der Waals surface area contributed by atoms with Crippen molar-refractivity contribution >= 4 is 17.9 Å². The molecule has 0 aliphatic heterocycles. The van der Waals surface area contributed by atoms with Crippen molar-refractivity contribution in [2.45, 2.75) is 78.6 Å². The largest absolute Gasteiger partial charge is 0.444 e. The van der Waals surface area contributed by atoms with E-state index < -0.39 is 41.8 Å². The van der Waals surface area contributed by atoms with Gasteiger partial charge in [0.2, 0.25) is 11.8 Å². The molecule has 0 fully saturated rings. The normalized spacial score (nSPS) is 13.5. The van der Waals surface area contributed by atoms with Crippen LogP contribution >= 0.6 is 0 Å². The maximum atomic E-state index is 13.5. The number of ether oxygens (including phenoxy) is 1. The maximum Gasteiger partial charge on any atom is 0.408 e. The third-order valence-corrected chi connectivity index (χ3v) is 4.65. The summed E-state index contributed by atoms with van der Waals surface area (Å²) >= 11 is 0. The summed E-state index contributed by atoms with van der Waals surface area (Å²) in [5.74, 6) is -0.996. The van der Waals surface area contributed by atoms with Crippen LogP contribution in [-0.2, 0) is 14.3 Å². The van der Waals surface area contributed by atoms with Crippen molar-refractivity contribution in [1.82, 2.24) is 15.5 Å². The Labute approximate surface area is 197 Å². The van der Waals surface area contributed by atoms with Gasteiger partial charge in [0.1, 0.15) is 17.7 Å². The number of hydrogen-bond donors (Lipinski definition) is 3.